The zero-order valence-corrected chi connectivity index (χ0v) is 14.4. The highest BCUT2D eigenvalue weighted by molar-refractivity contribution is 5.86. The maximum absolute atomic E-state index is 11.2. The third-order valence-electron chi connectivity index (χ3n) is 3.83. The van der Waals surface area contributed by atoms with Gasteiger partial charge in [-0.1, -0.05) is 19.9 Å². The van der Waals surface area contributed by atoms with Crippen molar-refractivity contribution in [3.63, 3.8) is 0 Å². The van der Waals surface area contributed by atoms with E-state index < -0.39 is 5.79 Å². The van der Waals surface area contributed by atoms with Crippen LogP contribution in [0.4, 0.5) is 0 Å². The van der Waals surface area contributed by atoms with Crippen molar-refractivity contribution in [3.8, 4) is 0 Å². The molecule has 0 aliphatic carbocycles. The molecule has 1 heterocycles. The lowest BCUT2D eigenvalue weighted by Gasteiger charge is -2.38. The fourth-order valence-electron chi connectivity index (χ4n) is 2.25. The van der Waals surface area contributed by atoms with Crippen molar-refractivity contribution in [2.75, 3.05) is 33.0 Å². The van der Waals surface area contributed by atoms with Gasteiger partial charge in [0.05, 0.1) is 19.8 Å². The molecule has 5 heteroatoms. The molecule has 0 aromatic carbocycles. The van der Waals surface area contributed by atoms with E-state index in [1.807, 2.05) is 13.8 Å². The van der Waals surface area contributed by atoms with Gasteiger partial charge in [0.2, 0.25) is 0 Å². The molecule has 1 atom stereocenters. The van der Waals surface area contributed by atoms with Gasteiger partial charge in [-0.05, 0) is 26.7 Å². The van der Waals surface area contributed by atoms with Gasteiger partial charge in [-0.15, -0.1) is 0 Å². The molecule has 1 fully saturated rings. The zero-order valence-electron chi connectivity index (χ0n) is 14.4. The largest absolute Gasteiger partial charge is 0.462 e. The Morgan fingerprint density at radius 3 is 2.50 bits per heavy atom. The third-order valence-corrected chi connectivity index (χ3v) is 3.83. The van der Waals surface area contributed by atoms with Crippen molar-refractivity contribution in [2.45, 2.75) is 46.3 Å². The molecule has 5 nitrogen and oxygen atoms in total. The normalized spacial score (nSPS) is 19.6. The smallest absolute Gasteiger partial charge is 0.333 e. The fourth-order valence-corrected chi connectivity index (χ4v) is 2.25. The minimum Gasteiger partial charge on any atom is -0.462 e. The summed E-state index contributed by atoms with van der Waals surface area (Å²) in [5.74, 6) is -0.0121. The monoisotopic (exact) mass is 314 g/mol. The number of carbonyl (C=O) groups excluding carboxylic acids is 1. The molecule has 1 aliphatic heterocycles. The predicted molar refractivity (Wildman–Crippen MR) is 84.5 cm³/mol. The van der Waals surface area contributed by atoms with E-state index in [9.17, 15) is 4.79 Å². The van der Waals surface area contributed by atoms with E-state index in [1.165, 1.54) is 0 Å². The molecule has 0 amide bonds. The van der Waals surface area contributed by atoms with Crippen molar-refractivity contribution in [1.29, 1.82) is 0 Å². The third kappa shape index (κ3) is 6.90. The van der Waals surface area contributed by atoms with Crippen molar-refractivity contribution in [1.82, 2.24) is 0 Å². The number of esters is 1. The van der Waals surface area contributed by atoms with Gasteiger partial charge in [0.25, 0.3) is 0 Å². The Kier molecular flexibility index (Phi) is 8.07. The summed E-state index contributed by atoms with van der Waals surface area (Å²) in [6.45, 7) is 14.3. The molecule has 1 rings (SSSR count). The summed E-state index contributed by atoms with van der Waals surface area (Å²) < 4.78 is 22.1. The van der Waals surface area contributed by atoms with Crippen LogP contribution < -0.4 is 0 Å². The average molecular weight is 314 g/mol. The molecular weight excluding hydrogens is 284 g/mol. The van der Waals surface area contributed by atoms with E-state index in [0.717, 1.165) is 6.42 Å². The highest BCUT2D eigenvalue weighted by Gasteiger charge is 2.32. The summed E-state index contributed by atoms with van der Waals surface area (Å²) in [5.41, 5.74) is 0.423. The van der Waals surface area contributed by atoms with Crippen molar-refractivity contribution >= 4 is 5.97 Å². The van der Waals surface area contributed by atoms with E-state index in [4.69, 9.17) is 18.9 Å². The summed E-state index contributed by atoms with van der Waals surface area (Å²) >= 11 is 0. The van der Waals surface area contributed by atoms with Crippen LogP contribution in [0.2, 0.25) is 0 Å². The van der Waals surface area contributed by atoms with Crippen LogP contribution in [0, 0.1) is 11.8 Å². The van der Waals surface area contributed by atoms with E-state index in [1.54, 1.807) is 6.92 Å². The van der Waals surface area contributed by atoms with E-state index in [2.05, 4.69) is 13.5 Å². The summed E-state index contributed by atoms with van der Waals surface area (Å²) in [6.07, 6.45) is 1.72. The lowest BCUT2D eigenvalue weighted by molar-refractivity contribution is -0.269. The first-order valence-corrected chi connectivity index (χ1v) is 8.04. The van der Waals surface area contributed by atoms with Crippen LogP contribution in [0.15, 0.2) is 12.2 Å². The second kappa shape index (κ2) is 9.28. The van der Waals surface area contributed by atoms with Crippen LogP contribution in [0.3, 0.4) is 0 Å². The van der Waals surface area contributed by atoms with Gasteiger partial charge in [-0.25, -0.2) is 4.79 Å². The molecule has 128 valence electrons. The van der Waals surface area contributed by atoms with Crippen LogP contribution in [0.1, 0.15) is 40.5 Å². The molecule has 0 spiro atoms. The summed E-state index contributed by atoms with van der Waals surface area (Å²) in [5, 5.41) is 0. The molecule has 0 bridgehead atoms. The van der Waals surface area contributed by atoms with E-state index in [0.29, 0.717) is 56.9 Å². The van der Waals surface area contributed by atoms with E-state index >= 15 is 0 Å². The topological polar surface area (TPSA) is 54.0 Å². The molecule has 1 saturated heterocycles. The minimum atomic E-state index is -0.469. The van der Waals surface area contributed by atoms with Crippen LogP contribution in [-0.4, -0.2) is 44.8 Å². The first kappa shape index (κ1) is 19.1. The van der Waals surface area contributed by atoms with Crippen molar-refractivity contribution < 1.29 is 23.7 Å². The molecule has 1 unspecified atom stereocenters. The van der Waals surface area contributed by atoms with Crippen LogP contribution in [0.25, 0.3) is 0 Å². The minimum absolute atomic E-state index is 0.342. The first-order valence-electron chi connectivity index (χ1n) is 8.04. The second-order valence-electron chi connectivity index (χ2n) is 6.29. The lowest BCUT2D eigenvalue weighted by Crippen LogP contribution is -2.42. The van der Waals surface area contributed by atoms with Gasteiger partial charge in [-0.3, -0.25) is 0 Å². The number of hydrogen-bond donors (Lipinski definition) is 0. The Hall–Kier alpha value is -0.910. The molecule has 0 aromatic rings. The Bertz CT molecular complexity index is 354. The van der Waals surface area contributed by atoms with Gasteiger partial charge in [0.15, 0.2) is 5.79 Å². The molecule has 0 radical (unpaired) electrons. The molecular formula is C17H30O5. The average Bonchev–Trinajstić information content (AvgIpc) is 2.47. The van der Waals surface area contributed by atoms with Gasteiger partial charge < -0.3 is 18.9 Å². The van der Waals surface area contributed by atoms with Crippen LogP contribution in [0.5, 0.6) is 0 Å². The Morgan fingerprint density at radius 2 is 1.95 bits per heavy atom. The van der Waals surface area contributed by atoms with Crippen molar-refractivity contribution in [3.05, 3.63) is 12.2 Å². The molecule has 0 saturated carbocycles. The van der Waals surface area contributed by atoms with Crippen molar-refractivity contribution in [2.24, 2.45) is 11.8 Å². The summed E-state index contributed by atoms with van der Waals surface area (Å²) in [6, 6.07) is 0. The highest BCUT2D eigenvalue weighted by Crippen LogP contribution is 2.27. The number of hydrogen-bond acceptors (Lipinski definition) is 5. The number of rotatable bonds is 9. The molecule has 1 aliphatic rings. The quantitative estimate of drug-likeness (QED) is 0.372. The second-order valence-corrected chi connectivity index (χ2v) is 6.29. The van der Waals surface area contributed by atoms with Gasteiger partial charge in [0.1, 0.15) is 0 Å². The van der Waals surface area contributed by atoms with Crippen LogP contribution in [-0.2, 0) is 23.7 Å². The number of carbonyl (C=O) groups is 1. The Labute approximate surface area is 133 Å². The van der Waals surface area contributed by atoms with Crippen LogP contribution >= 0.6 is 0 Å². The van der Waals surface area contributed by atoms with Gasteiger partial charge in [-0.2, -0.15) is 0 Å². The SMILES string of the molecule is C=C(C)C(=O)OCCCOCC(CC)C1COC(C)(C)OC1. The Morgan fingerprint density at radius 1 is 1.32 bits per heavy atom. The van der Waals surface area contributed by atoms with Gasteiger partial charge in [0, 0.05) is 31.1 Å². The molecule has 0 aromatic heterocycles. The summed E-state index contributed by atoms with van der Waals surface area (Å²) in [7, 11) is 0. The maximum Gasteiger partial charge on any atom is 0.333 e. The number of ether oxygens (including phenoxy) is 4. The fraction of sp³-hybridized carbons (Fsp3) is 0.824. The zero-order chi connectivity index (χ0) is 16.6. The van der Waals surface area contributed by atoms with Gasteiger partial charge >= 0.3 is 5.97 Å². The standard InChI is InChI=1S/C17H30O5/c1-6-14(15-11-21-17(4,5)22-12-15)10-19-8-7-9-20-16(18)13(2)3/h14-15H,2,6-12H2,1,3-5H3. The highest BCUT2D eigenvalue weighted by atomic mass is 16.7. The predicted octanol–water partition coefficient (Wildman–Crippen LogP) is 2.94. The Balaban J connectivity index is 2.14. The molecule has 0 N–H and O–H groups in total. The lowest BCUT2D eigenvalue weighted by atomic mass is 9.91. The van der Waals surface area contributed by atoms with E-state index in [-0.39, 0.29) is 5.97 Å². The molecule has 22 heavy (non-hydrogen) atoms. The first-order chi connectivity index (χ1) is 10.4. The summed E-state index contributed by atoms with van der Waals surface area (Å²) in [4.78, 5) is 11.2. The maximum atomic E-state index is 11.2.